The van der Waals surface area contributed by atoms with Gasteiger partial charge in [-0.15, -0.1) is 0 Å². The van der Waals surface area contributed by atoms with Gasteiger partial charge in [0.05, 0.1) is 5.56 Å². The summed E-state index contributed by atoms with van der Waals surface area (Å²) in [4.78, 5) is 18.7. The third kappa shape index (κ3) is 2.75. The van der Waals surface area contributed by atoms with Gasteiger partial charge in [-0.3, -0.25) is 10.1 Å². The van der Waals surface area contributed by atoms with Gasteiger partial charge < -0.3 is 10.1 Å². The van der Waals surface area contributed by atoms with Crippen molar-refractivity contribution in [3.63, 3.8) is 0 Å². The molecule has 5 heteroatoms. The van der Waals surface area contributed by atoms with Crippen LogP contribution in [0.1, 0.15) is 15.9 Å². The lowest BCUT2D eigenvalue weighted by atomic mass is 10.1. The van der Waals surface area contributed by atoms with E-state index in [0.717, 1.165) is 0 Å². The van der Waals surface area contributed by atoms with Gasteiger partial charge >= 0.3 is 0 Å². The first-order chi connectivity index (χ1) is 8.81. The first kappa shape index (κ1) is 11.9. The van der Waals surface area contributed by atoms with Crippen LogP contribution in [0.25, 0.3) is 0 Å². The summed E-state index contributed by atoms with van der Waals surface area (Å²) in [5.41, 5.74) is 1.01. The number of nitrogens with zero attached hydrogens (tertiary/aromatic N) is 1. The Morgan fingerprint density at radius 1 is 1.44 bits per heavy atom. The summed E-state index contributed by atoms with van der Waals surface area (Å²) in [5.74, 6) is 5.33. The lowest BCUT2D eigenvalue weighted by Gasteiger charge is -2.04. The number of nitrogens with one attached hydrogen (secondary N) is 2. The highest BCUT2D eigenvalue weighted by atomic mass is 16.2. The minimum absolute atomic E-state index is 0.242. The Morgan fingerprint density at radius 2 is 2.28 bits per heavy atom. The quantitative estimate of drug-likeness (QED) is 0.686. The molecule has 0 saturated carbocycles. The van der Waals surface area contributed by atoms with Gasteiger partial charge in [-0.05, 0) is 12.1 Å². The summed E-state index contributed by atoms with van der Waals surface area (Å²) >= 11 is 0. The molecule has 1 aromatic carbocycles. The van der Waals surface area contributed by atoms with E-state index in [1.807, 2.05) is 0 Å². The molecular formula is C13H11N3O2. The van der Waals surface area contributed by atoms with Crippen molar-refractivity contribution in [3.8, 4) is 11.8 Å². The molecule has 18 heavy (non-hydrogen) atoms. The number of amides is 1. The molecular weight excluding hydrogens is 230 g/mol. The molecule has 5 nitrogen and oxygen atoms in total. The van der Waals surface area contributed by atoms with Gasteiger partial charge in [-0.25, -0.2) is 4.98 Å². The Hall–Kier alpha value is -2.58. The molecule has 0 aliphatic carbocycles. The van der Waals surface area contributed by atoms with E-state index in [9.17, 15) is 4.79 Å². The highest BCUT2D eigenvalue weighted by molar-refractivity contribution is 6.05. The fraction of sp³-hybridized carbons (Fsp3) is 0.0769. The molecule has 3 N–H and O–H groups in total. The number of aromatic nitrogens is 2. The van der Waals surface area contributed by atoms with Crippen LogP contribution in [0.15, 0.2) is 36.7 Å². The summed E-state index contributed by atoms with van der Waals surface area (Å²) in [6.07, 6.45) is 3.17. The third-order valence-corrected chi connectivity index (χ3v) is 2.20. The van der Waals surface area contributed by atoms with E-state index in [2.05, 4.69) is 27.1 Å². The zero-order valence-corrected chi connectivity index (χ0v) is 9.47. The molecule has 1 heterocycles. The molecule has 0 fully saturated rings. The van der Waals surface area contributed by atoms with Gasteiger partial charge in [0.15, 0.2) is 0 Å². The Morgan fingerprint density at radius 3 is 3.00 bits per heavy atom. The zero-order chi connectivity index (χ0) is 12.8. The van der Waals surface area contributed by atoms with Crippen LogP contribution in [0.5, 0.6) is 0 Å². The van der Waals surface area contributed by atoms with Crippen LogP contribution in [0.3, 0.4) is 0 Å². The maximum absolute atomic E-state index is 12.0. The fourth-order valence-corrected chi connectivity index (χ4v) is 1.43. The molecule has 2 rings (SSSR count). The normalized spacial score (nSPS) is 9.39. The number of carbonyl (C=O) groups excluding carboxylic acids is 1. The van der Waals surface area contributed by atoms with Crippen LogP contribution < -0.4 is 5.32 Å². The number of benzene rings is 1. The first-order valence-electron chi connectivity index (χ1n) is 5.31. The SMILES string of the molecule is O=C(Nc1ncc[nH]1)c1ccccc1C#CCO. The number of hydrogen-bond donors (Lipinski definition) is 3. The van der Waals surface area contributed by atoms with E-state index < -0.39 is 0 Å². The van der Waals surface area contributed by atoms with Crippen LogP contribution >= 0.6 is 0 Å². The van der Waals surface area contributed by atoms with E-state index in [-0.39, 0.29) is 12.5 Å². The van der Waals surface area contributed by atoms with E-state index in [0.29, 0.717) is 17.1 Å². The minimum atomic E-state index is -0.298. The number of carbonyl (C=O) groups is 1. The average Bonchev–Trinajstić information content (AvgIpc) is 2.89. The molecule has 0 aliphatic heterocycles. The number of rotatable bonds is 2. The number of anilines is 1. The van der Waals surface area contributed by atoms with Gasteiger partial charge in [0.25, 0.3) is 5.91 Å². The number of hydrogen-bond acceptors (Lipinski definition) is 3. The van der Waals surface area contributed by atoms with Crippen molar-refractivity contribution in [1.29, 1.82) is 0 Å². The summed E-state index contributed by atoms with van der Waals surface area (Å²) < 4.78 is 0. The lowest BCUT2D eigenvalue weighted by molar-refractivity contribution is 0.102. The van der Waals surface area contributed by atoms with E-state index in [1.165, 1.54) is 0 Å². The second-order valence-corrected chi connectivity index (χ2v) is 3.40. The number of aromatic amines is 1. The molecule has 0 atom stereocenters. The van der Waals surface area contributed by atoms with Gasteiger partial charge in [-0.1, -0.05) is 24.0 Å². The Bertz CT molecular complexity index is 594. The van der Waals surface area contributed by atoms with E-state index in [4.69, 9.17) is 5.11 Å². The molecule has 90 valence electrons. The van der Waals surface area contributed by atoms with Crippen LogP contribution in [0, 0.1) is 11.8 Å². The van der Waals surface area contributed by atoms with Crippen LogP contribution in [-0.4, -0.2) is 27.6 Å². The molecule has 1 amide bonds. The van der Waals surface area contributed by atoms with Crippen molar-refractivity contribution in [3.05, 3.63) is 47.8 Å². The highest BCUT2D eigenvalue weighted by Crippen LogP contribution is 2.09. The molecule has 1 aromatic heterocycles. The van der Waals surface area contributed by atoms with Gasteiger partial charge in [0.1, 0.15) is 6.61 Å². The van der Waals surface area contributed by atoms with Crippen molar-refractivity contribution in [2.24, 2.45) is 0 Å². The second kappa shape index (κ2) is 5.66. The molecule has 0 bridgehead atoms. The molecule has 0 unspecified atom stereocenters. The van der Waals surface area contributed by atoms with Crippen molar-refractivity contribution in [2.75, 3.05) is 11.9 Å². The summed E-state index contributed by atoms with van der Waals surface area (Å²) in [6, 6.07) is 6.92. The molecule has 0 aliphatic rings. The first-order valence-corrected chi connectivity index (χ1v) is 5.31. The van der Waals surface area contributed by atoms with E-state index in [1.54, 1.807) is 36.7 Å². The van der Waals surface area contributed by atoms with Crippen molar-refractivity contribution >= 4 is 11.9 Å². The minimum Gasteiger partial charge on any atom is -0.384 e. The Kier molecular flexibility index (Phi) is 3.74. The number of H-pyrrole nitrogens is 1. The van der Waals surface area contributed by atoms with Crippen LogP contribution in [0.4, 0.5) is 5.95 Å². The van der Waals surface area contributed by atoms with Gasteiger partial charge in [0.2, 0.25) is 5.95 Å². The Balaban J connectivity index is 2.24. The molecule has 0 saturated heterocycles. The summed E-state index contributed by atoms with van der Waals surface area (Å²) in [6.45, 7) is -0.242. The summed E-state index contributed by atoms with van der Waals surface area (Å²) in [7, 11) is 0. The molecule has 0 radical (unpaired) electrons. The third-order valence-electron chi connectivity index (χ3n) is 2.20. The fourth-order valence-electron chi connectivity index (χ4n) is 1.43. The van der Waals surface area contributed by atoms with Crippen LogP contribution in [0.2, 0.25) is 0 Å². The monoisotopic (exact) mass is 241 g/mol. The van der Waals surface area contributed by atoms with E-state index >= 15 is 0 Å². The number of aliphatic hydroxyl groups is 1. The second-order valence-electron chi connectivity index (χ2n) is 3.40. The average molecular weight is 241 g/mol. The predicted molar refractivity (Wildman–Crippen MR) is 66.9 cm³/mol. The van der Waals surface area contributed by atoms with Crippen molar-refractivity contribution < 1.29 is 9.90 Å². The van der Waals surface area contributed by atoms with Gasteiger partial charge in [0, 0.05) is 18.0 Å². The maximum Gasteiger partial charge on any atom is 0.259 e. The zero-order valence-electron chi connectivity index (χ0n) is 9.47. The maximum atomic E-state index is 12.0. The van der Waals surface area contributed by atoms with Gasteiger partial charge in [-0.2, -0.15) is 0 Å². The largest absolute Gasteiger partial charge is 0.384 e. The molecule has 2 aromatic rings. The lowest BCUT2D eigenvalue weighted by Crippen LogP contribution is -2.14. The summed E-state index contributed by atoms with van der Waals surface area (Å²) in [5, 5.41) is 11.3. The Labute approximate surface area is 104 Å². The number of imidazole rings is 1. The predicted octanol–water partition coefficient (Wildman–Crippen LogP) is 1.01. The number of aliphatic hydroxyl groups excluding tert-OH is 1. The highest BCUT2D eigenvalue weighted by Gasteiger charge is 2.10. The van der Waals surface area contributed by atoms with Crippen LogP contribution in [-0.2, 0) is 0 Å². The topological polar surface area (TPSA) is 78.0 Å². The molecule has 0 spiro atoms. The van der Waals surface area contributed by atoms with Crippen molar-refractivity contribution in [2.45, 2.75) is 0 Å². The van der Waals surface area contributed by atoms with Crippen molar-refractivity contribution in [1.82, 2.24) is 9.97 Å². The smallest absolute Gasteiger partial charge is 0.259 e. The standard InChI is InChI=1S/C13H11N3O2/c17-9-3-5-10-4-1-2-6-11(10)12(18)16-13-14-7-8-15-13/h1-2,4,6-8,17H,9H2,(H2,14,15,16,18).